The second kappa shape index (κ2) is 8.53. The molecule has 1 saturated heterocycles. The van der Waals surface area contributed by atoms with Crippen LogP contribution in [0.4, 0.5) is 5.82 Å². The first-order valence-electron chi connectivity index (χ1n) is 5.92. The van der Waals surface area contributed by atoms with Gasteiger partial charge in [-0.2, -0.15) is 0 Å². The van der Waals surface area contributed by atoms with Crippen LogP contribution in [0.5, 0.6) is 0 Å². The van der Waals surface area contributed by atoms with Gasteiger partial charge in [0.1, 0.15) is 11.0 Å². The maximum absolute atomic E-state index is 5.58. The van der Waals surface area contributed by atoms with Crippen LogP contribution < -0.4 is 11.5 Å². The number of hydrogen-bond acceptors (Lipinski definition) is 6. The van der Waals surface area contributed by atoms with Crippen LogP contribution in [0, 0.1) is 0 Å². The van der Waals surface area contributed by atoms with Crippen molar-refractivity contribution >= 4 is 29.2 Å². The van der Waals surface area contributed by atoms with Crippen molar-refractivity contribution in [3.05, 3.63) is 11.2 Å². The topological polar surface area (TPSA) is 81.1 Å². The van der Waals surface area contributed by atoms with Crippen LogP contribution in [0.2, 0.25) is 5.15 Å². The van der Waals surface area contributed by atoms with Gasteiger partial charge >= 0.3 is 0 Å². The number of nitrogens with two attached hydrogens (primary N) is 2. The number of nitrogens with zero attached hydrogens (tertiary/aromatic N) is 3. The lowest BCUT2D eigenvalue weighted by Gasteiger charge is -2.11. The standard InChI is InChI=1S/C6H14N2.C5H6ClN3S/c7-3-6-8-4-1-2-5-8;1-10-5-8-3(6)2-4(7)9-5/h1-7H2;2H,1H3,(H2,7,8,9). The number of likely N-dealkylation sites (tertiary alicyclic amines) is 1. The molecule has 2 heterocycles. The number of halogens is 1. The molecule has 1 aromatic heterocycles. The molecule has 0 unspecified atom stereocenters. The summed E-state index contributed by atoms with van der Waals surface area (Å²) in [6, 6.07) is 1.52. The summed E-state index contributed by atoms with van der Waals surface area (Å²) in [6.07, 6.45) is 4.62. The van der Waals surface area contributed by atoms with Crippen LogP contribution in [0.25, 0.3) is 0 Å². The zero-order chi connectivity index (χ0) is 13.4. The molecule has 0 spiro atoms. The average molecular weight is 290 g/mol. The molecule has 1 aliphatic rings. The molecule has 102 valence electrons. The van der Waals surface area contributed by atoms with Crippen LogP contribution in [0.15, 0.2) is 11.2 Å². The molecule has 0 radical (unpaired) electrons. The minimum Gasteiger partial charge on any atom is -0.384 e. The summed E-state index contributed by atoms with van der Waals surface area (Å²) < 4.78 is 0. The fourth-order valence-electron chi connectivity index (χ4n) is 1.69. The second-order valence-electron chi connectivity index (χ2n) is 3.94. The first kappa shape index (κ1) is 15.5. The highest BCUT2D eigenvalue weighted by molar-refractivity contribution is 7.98. The lowest BCUT2D eigenvalue weighted by molar-refractivity contribution is 0.349. The molecule has 5 nitrogen and oxygen atoms in total. The molecule has 4 N–H and O–H groups in total. The Bertz CT molecular complexity index is 337. The Balaban J connectivity index is 0.000000184. The van der Waals surface area contributed by atoms with Gasteiger partial charge in [-0.3, -0.25) is 0 Å². The molecule has 2 rings (SSSR count). The van der Waals surface area contributed by atoms with E-state index in [9.17, 15) is 0 Å². The molecule has 0 saturated carbocycles. The Morgan fingerprint density at radius 1 is 1.39 bits per heavy atom. The maximum Gasteiger partial charge on any atom is 0.190 e. The third kappa shape index (κ3) is 5.86. The van der Waals surface area contributed by atoms with Crippen molar-refractivity contribution in [2.45, 2.75) is 18.0 Å². The predicted octanol–water partition coefficient (Wildman–Crippen LogP) is 1.47. The Morgan fingerprint density at radius 3 is 2.56 bits per heavy atom. The van der Waals surface area contributed by atoms with Crippen molar-refractivity contribution in [1.29, 1.82) is 0 Å². The van der Waals surface area contributed by atoms with Gasteiger partial charge in [0.2, 0.25) is 0 Å². The number of hydrogen-bond donors (Lipinski definition) is 2. The Kier molecular flexibility index (Phi) is 7.34. The lowest BCUT2D eigenvalue weighted by atomic mass is 10.4. The number of aromatic nitrogens is 2. The summed E-state index contributed by atoms with van der Waals surface area (Å²) in [4.78, 5) is 10.2. The zero-order valence-electron chi connectivity index (χ0n) is 10.6. The molecular formula is C11H20ClN5S. The monoisotopic (exact) mass is 289 g/mol. The van der Waals surface area contributed by atoms with E-state index in [1.54, 1.807) is 0 Å². The van der Waals surface area contributed by atoms with Crippen LogP contribution in [0.3, 0.4) is 0 Å². The van der Waals surface area contributed by atoms with Gasteiger partial charge in [0, 0.05) is 19.2 Å². The van der Waals surface area contributed by atoms with E-state index in [-0.39, 0.29) is 0 Å². The predicted molar refractivity (Wildman–Crippen MR) is 78.0 cm³/mol. The van der Waals surface area contributed by atoms with Crippen LogP contribution >= 0.6 is 23.4 Å². The molecule has 1 aliphatic heterocycles. The van der Waals surface area contributed by atoms with Gasteiger partial charge in [0.25, 0.3) is 0 Å². The minimum atomic E-state index is 0.386. The molecule has 0 aromatic carbocycles. The summed E-state index contributed by atoms with van der Waals surface area (Å²) in [5.74, 6) is 0.407. The normalized spacial score (nSPS) is 15.3. The first-order valence-corrected chi connectivity index (χ1v) is 7.52. The number of thioether (sulfide) groups is 1. The Labute approximate surface area is 117 Å². The molecule has 0 atom stereocenters. The van der Waals surface area contributed by atoms with Crippen LogP contribution in [-0.4, -0.2) is 47.3 Å². The third-order valence-corrected chi connectivity index (χ3v) is 3.26. The highest BCUT2D eigenvalue weighted by atomic mass is 35.5. The van der Waals surface area contributed by atoms with Crippen LogP contribution in [-0.2, 0) is 0 Å². The second-order valence-corrected chi connectivity index (χ2v) is 5.10. The van der Waals surface area contributed by atoms with Crippen LogP contribution in [0.1, 0.15) is 12.8 Å². The summed E-state index contributed by atoms with van der Waals surface area (Å²) in [7, 11) is 0. The van der Waals surface area contributed by atoms with Crippen molar-refractivity contribution in [2.24, 2.45) is 5.73 Å². The molecule has 18 heavy (non-hydrogen) atoms. The quantitative estimate of drug-likeness (QED) is 0.498. The van der Waals surface area contributed by atoms with E-state index < -0.39 is 0 Å². The smallest absolute Gasteiger partial charge is 0.190 e. The summed E-state index contributed by atoms with van der Waals surface area (Å²) >= 11 is 6.99. The average Bonchev–Trinajstić information content (AvgIpc) is 2.82. The van der Waals surface area contributed by atoms with Gasteiger partial charge in [-0.1, -0.05) is 23.4 Å². The van der Waals surface area contributed by atoms with Gasteiger partial charge in [0.15, 0.2) is 5.16 Å². The summed E-state index contributed by atoms with van der Waals surface area (Å²) in [5, 5.41) is 0.988. The molecule has 7 heteroatoms. The Hall–Kier alpha value is -0.560. The van der Waals surface area contributed by atoms with Crippen molar-refractivity contribution < 1.29 is 0 Å². The van der Waals surface area contributed by atoms with E-state index in [1.165, 1.54) is 43.8 Å². The lowest BCUT2D eigenvalue weighted by Crippen LogP contribution is -2.26. The number of nitrogen functional groups attached to an aromatic ring is 1. The van der Waals surface area contributed by atoms with E-state index in [2.05, 4.69) is 14.9 Å². The van der Waals surface area contributed by atoms with E-state index in [0.29, 0.717) is 16.1 Å². The maximum atomic E-state index is 5.58. The van der Waals surface area contributed by atoms with E-state index in [1.807, 2.05) is 6.26 Å². The molecular weight excluding hydrogens is 270 g/mol. The minimum absolute atomic E-state index is 0.386. The molecule has 0 bridgehead atoms. The summed E-state index contributed by atoms with van der Waals surface area (Å²) in [5.41, 5.74) is 10.8. The highest BCUT2D eigenvalue weighted by Crippen LogP contribution is 2.14. The SMILES string of the molecule is CSc1nc(N)cc(Cl)n1.NCCN1CCCC1. The van der Waals surface area contributed by atoms with Crippen molar-refractivity contribution in [3.8, 4) is 0 Å². The van der Waals surface area contributed by atoms with E-state index >= 15 is 0 Å². The van der Waals surface area contributed by atoms with E-state index in [0.717, 1.165) is 13.1 Å². The zero-order valence-corrected chi connectivity index (χ0v) is 12.2. The molecule has 0 aliphatic carbocycles. The fraction of sp³-hybridized carbons (Fsp3) is 0.636. The number of rotatable bonds is 3. The van der Waals surface area contributed by atoms with Gasteiger partial charge < -0.3 is 16.4 Å². The van der Waals surface area contributed by atoms with Gasteiger partial charge in [-0.05, 0) is 32.2 Å². The Morgan fingerprint density at radius 2 is 2.06 bits per heavy atom. The fourth-order valence-corrected chi connectivity index (χ4v) is 2.32. The largest absolute Gasteiger partial charge is 0.384 e. The van der Waals surface area contributed by atoms with Gasteiger partial charge in [0.05, 0.1) is 0 Å². The molecule has 0 amide bonds. The number of anilines is 1. The van der Waals surface area contributed by atoms with Crippen molar-refractivity contribution in [2.75, 3.05) is 38.2 Å². The molecule has 1 aromatic rings. The van der Waals surface area contributed by atoms with Crippen molar-refractivity contribution in [3.63, 3.8) is 0 Å². The highest BCUT2D eigenvalue weighted by Gasteiger charge is 2.08. The van der Waals surface area contributed by atoms with Gasteiger partial charge in [-0.15, -0.1) is 0 Å². The van der Waals surface area contributed by atoms with Crippen molar-refractivity contribution in [1.82, 2.24) is 14.9 Å². The first-order chi connectivity index (χ1) is 8.65. The van der Waals surface area contributed by atoms with E-state index in [4.69, 9.17) is 23.1 Å². The summed E-state index contributed by atoms with van der Waals surface area (Å²) in [6.45, 7) is 4.47. The third-order valence-electron chi connectivity index (χ3n) is 2.52. The molecule has 1 fully saturated rings. The van der Waals surface area contributed by atoms with Gasteiger partial charge in [-0.25, -0.2) is 9.97 Å².